The number of fused-ring (bicyclic) bond motifs is 1. The van der Waals surface area contributed by atoms with Gasteiger partial charge in [0.05, 0.1) is 21.5 Å². The lowest BCUT2D eigenvalue weighted by molar-refractivity contribution is -0.384. The number of nitrogens with zero attached hydrogens (tertiary/aromatic N) is 2. The quantitative estimate of drug-likeness (QED) is 0.639. The second-order valence-electron chi connectivity index (χ2n) is 4.81. The third-order valence-corrected chi connectivity index (χ3v) is 4.44. The van der Waals surface area contributed by atoms with Crippen molar-refractivity contribution in [2.24, 2.45) is 11.7 Å². The molecule has 0 radical (unpaired) electrons. The van der Waals surface area contributed by atoms with Crippen molar-refractivity contribution in [3.05, 3.63) is 27.0 Å². The maximum Gasteiger partial charge on any atom is 0.311 e. The predicted molar refractivity (Wildman–Crippen MR) is 71.8 cm³/mol. The molecule has 1 saturated heterocycles. The number of nitrogens with two attached hydrogens (primary N) is 1. The first-order valence-corrected chi connectivity index (χ1v) is 6.80. The van der Waals surface area contributed by atoms with Crippen molar-refractivity contribution in [2.45, 2.75) is 24.6 Å². The van der Waals surface area contributed by atoms with Crippen molar-refractivity contribution < 1.29 is 9.66 Å². The first kappa shape index (κ1) is 12.8. The van der Waals surface area contributed by atoms with E-state index < -0.39 is 4.92 Å². The number of anilines is 1. The molecular weight excluding hydrogens is 316 g/mol. The molecule has 3 N–H and O–H groups in total. The van der Waals surface area contributed by atoms with Crippen LogP contribution in [-0.4, -0.2) is 34.7 Å². The second-order valence-corrected chi connectivity index (χ2v) is 5.66. The Hall–Kier alpha value is -1.25. The number of halogens is 1. The monoisotopic (exact) mass is 328 g/mol. The van der Waals surface area contributed by atoms with Crippen molar-refractivity contribution >= 4 is 27.3 Å². The van der Waals surface area contributed by atoms with Gasteiger partial charge in [-0.25, -0.2) is 0 Å². The number of rotatable bonds is 3. The topological polar surface area (TPSA) is 103 Å². The molecule has 2 aliphatic rings. The highest BCUT2D eigenvalue weighted by Crippen LogP contribution is 2.41. The molecule has 2 fully saturated rings. The number of nitro groups is 1. The van der Waals surface area contributed by atoms with E-state index in [-0.39, 0.29) is 23.9 Å². The van der Waals surface area contributed by atoms with Crippen LogP contribution >= 0.6 is 15.9 Å². The lowest BCUT2D eigenvalue weighted by Gasteiger charge is -2.46. The molecule has 1 saturated carbocycles. The average molecular weight is 329 g/mol. The van der Waals surface area contributed by atoms with E-state index in [2.05, 4.69) is 26.2 Å². The highest BCUT2D eigenvalue weighted by molar-refractivity contribution is 9.10. The molecule has 0 aromatic carbocycles. The van der Waals surface area contributed by atoms with E-state index in [1.807, 2.05) is 0 Å². The molecule has 2 heterocycles. The molecule has 102 valence electrons. The molecule has 1 aromatic heterocycles. The summed E-state index contributed by atoms with van der Waals surface area (Å²) in [5.41, 5.74) is 6.43. The van der Waals surface area contributed by atoms with Crippen LogP contribution < -0.4 is 11.1 Å². The summed E-state index contributed by atoms with van der Waals surface area (Å²) >= 11 is 3.28. The molecule has 7 nitrogen and oxygen atoms in total. The molecule has 4 unspecified atom stereocenters. The molecule has 4 atom stereocenters. The molecule has 0 amide bonds. The lowest BCUT2D eigenvalue weighted by Crippen LogP contribution is -2.65. The molecular formula is C11H13BrN4O3. The third-order valence-electron chi connectivity index (χ3n) is 3.83. The van der Waals surface area contributed by atoms with Gasteiger partial charge in [0, 0.05) is 24.8 Å². The van der Waals surface area contributed by atoms with Gasteiger partial charge in [0.1, 0.15) is 11.9 Å². The van der Waals surface area contributed by atoms with Crippen molar-refractivity contribution in [2.75, 3.05) is 11.9 Å². The average Bonchev–Trinajstić information content (AvgIpc) is 2.81. The molecule has 8 heteroatoms. The molecule has 0 bridgehead atoms. The van der Waals surface area contributed by atoms with Gasteiger partial charge in [-0.1, -0.05) is 0 Å². The highest BCUT2D eigenvalue weighted by Gasteiger charge is 2.52. The Morgan fingerprint density at radius 2 is 2.37 bits per heavy atom. The van der Waals surface area contributed by atoms with Gasteiger partial charge in [0.2, 0.25) is 0 Å². The molecule has 3 rings (SSSR count). The van der Waals surface area contributed by atoms with Crippen LogP contribution in [-0.2, 0) is 4.74 Å². The van der Waals surface area contributed by atoms with E-state index in [1.165, 1.54) is 12.4 Å². The van der Waals surface area contributed by atoms with Crippen molar-refractivity contribution in [1.29, 1.82) is 0 Å². The van der Waals surface area contributed by atoms with E-state index >= 15 is 0 Å². The fourth-order valence-corrected chi connectivity index (χ4v) is 3.24. The van der Waals surface area contributed by atoms with Gasteiger partial charge in [-0.15, -0.1) is 0 Å². The van der Waals surface area contributed by atoms with Crippen molar-refractivity contribution in [3.8, 4) is 0 Å². The Labute approximate surface area is 117 Å². The first-order valence-electron chi connectivity index (χ1n) is 6.01. The number of aromatic nitrogens is 1. The fraction of sp³-hybridized carbons (Fsp3) is 0.545. The van der Waals surface area contributed by atoms with E-state index in [0.717, 1.165) is 6.42 Å². The second kappa shape index (κ2) is 4.69. The molecule has 1 aliphatic carbocycles. The fourth-order valence-electron chi connectivity index (χ4n) is 2.80. The van der Waals surface area contributed by atoms with Crippen LogP contribution in [0.4, 0.5) is 11.4 Å². The molecule has 1 aromatic rings. The van der Waals surface area contributed by atoms with Crippen LogP contribution in [0.5, 0.6) is 0 Å². The van der Waals surface area contributed by atoms with Crippen LogP contribution in [0.15, 0.2) is 16.9 Å². The highest BCUT2D eigenvalue weighted by atomic mass is 79.9. The van der Waals surface area contributed by atoms with Crippen LogP contribution in [0.25, 0.3) is 0 Å². The normalized spacial score (nSPS) is 32.5. The van der Waals surface area contributed by atoms with Gasteiger partial charge in [-0.05, 0) is 22.4 Å². The van der Waals surface area contributed by atoms with Crippen LogP contribution in [0.1, 0.15) is 6.42 Å². The van der Waals surface area contributed by atoms with E-state index in [9.17, 15) is 10.1 Å². The predicted octanol–water partition coefficient (Wildman–Crippen LogP) is 1.28. The van der Waals surface area contributed by atoms with Gasteiger partial charge < -0.3 is 15.8 Å². The zero-order chi connectivity index (χ0) is 13.6. The summed E-state index contributed by atoms with van der Waals surface area (Å²) in [4.78, 5) is 14.4. The van der Waals surface area contributed by atoms with Gasteiger partial charge in [-0.3, -0.25) is 15.1 Å². The summed E-state index contributed by atoms with van der Waals surface area (Å²) in [6.45, 7) is 0.709. The van der Waals surface area contributed by atoms with E-state index in [1.54, 1.807) is 0 Å². The number of hydrogen-bond acceptors (Lipinski definition) is 6. The van der Waals surface area contributed by atoms with Gasteiger partial charge in [-0.2, -0.15) is 0 Å². The smallest absolute Gasteiger partial charge is 0.311 e. The van der Waals surface area contributed by atoms with Crippen LogP contribution in [0.2, 0.25) is 0 Å². The number of ether oxygens (including phenoxy) is 1. The van der Waals surface area contributed by atoms with E-state index in [4.69, 9.17) is 10.5 Å². The van der Waals surface area contributed by atoms with Gasteiger partial charge >= 0.3 is 5.69 Å². The summed E-state index contributed by atoms with van der Waals surface area (Å²) in [6, 6.07) is -0.128. The standard InChI is InChI=1S/C11H13BrN4O3/c12-6-3-14-4-7(16(17)18)9(6)15-10-8(13)5-1-2-19-11(5)10/h3-5,8,10-11H,1-2,13H2,(H,14,15). The Bertz CT molecular complexity index is 527. The number of nitrogens with one attached hydrogen (secondary N) is 1. The minimum atomic E-state index is -0.461. The minimum Gasteiger partial charge on any atom is -0.376 e. The summed E-state index contributed by atoms with van der Waals surface area (Å²) in [7, 11) is 0. The van der Waals surface area contributed by atoms with E-state index in [0.29, 0.717) is 22.7 Å². The zero-order valence-electron chi connectivity index (χ0n) is 9.95. The van der Waals surface area contributed by atoms with Crippen LogP contribution in [0, 0.1) is 16.0 Å². The first-order chi connectivity index (χ1) is 9.09. The van der Waals surface area contributed by atoms with Gasteiger partial charge in [0.15, 0.2) is 0 Å². The zero-order valence-corrected chi connectivity index (χ0v) is 11.5. The summed E-state index contributed by atoms with van der Waals surface area (Å²) < 4.78 is 6.16. The molecule has 19 heavy (non-hydrogen) atoms. The number of pyridine rings is 1. The SMILES string of the molecule is NC1C2CCOC2C1Nc1c(Br)cncc1[N+](=O)[O-]. The minimum absolute atomic E-state index is 0.0350. The maximum absolute atomic E-state index is 11.0. The summed E-state index contributed by atoms with van der Waals surface area (Å²) in [5, 5.41) is 14.2. The maximum atomic E-state index is 11.0. The van der Waals surface area contributed by atoms with Crippen molar-refractivity contribution in [1.82, 2.24) is 4.98 Å². The Kier molecular flexibility index (Phi) is 3.15. The molecule has 1 aliphatic heterocycles. The lowest BCUT2D eigenvalue weighted by atomic mass is 9.72. The molecule has 0 spiro atoms. The Balaban J connectivity index is 1.86. The third kappa shape index (κ3) is 1.99. The summed E-state index contributed by atoms with van der Waals surface area (Å²) in [6.07, 6.45) is 3.76. The van der Waals surface area contributed by atoms with Crippen molar-refractivity contribution in [3.63, 3.8) is 0 Å². The summed E-state index contributed by atoms with van der Waals surface area (Å²) in [5.74, 6) is 0.358. The van der Waals surface area contributed by atoms with Gasteiger partial charge in [0.25, 0.3) is 0 Å². The van der Waals surface area contributed by atoms with Crippen LogP contribution in [0.3, 0.4) is 0 Å². The Morgan fingerprint density at radius 1 is 1.58 bits per heavy atom. The number of hydrogen-bond donors (Lipinski definition) is 2. The Morgan fingerprint density at radius 3 is 3.11 bits per heavy atom. The largest absolute Gasteiger partial charge is 0.376 e.